The molecule has 1 N–H and O–H groups in total. The molecular weight excluding hydrogens is 269 g/mol. The quantitative estimate of drug-likeness (QED) is 0.864. The summed E-state index contributed by atoms with van der Waals surface area (Å²) in [5.74, 6) is 0.0610. The minimum atomic E-state index is -0.473. The van der Waals surface area contributed by atoms with E-state index in [-0.39, 0.29) is 23.2 Å². The molecule has 0 bridgehead atoms. The third-order valence-corrected chi connectivity index (χ3v) is 3.99. The maximum absolute atomic E-state index is 13.7. The van der Waals surface area contributed by atoms with E-state index in [1.54, 1.807) is 7.11 Å². The first-order valence-corrected chi connectivity index (χ1v) is 7.00. The molecule has 1 aliphatic rings. The number of rotatable bonds is 4. The molecule has 1 saturated carbocycles. The highest BCUT2D eigenvalue weighted by Gasteiger charge is 2.32. The van der Waals surface area contributed by atoms with Gasteiger partial charge in [0.2, 0.25) is 5.28 Å². The van der Waals surface area contributed by atoms with E-state index in [4.69, 9.17) is 16.3 Å². The van der Waals surface area contributed by atoms with Crippen LogP contribution in [0, 0.1) is 11.7 Å². The average molecular weight is 288 g/mol. The van der Waals surface area contributed by atoms with Crippen molar-refractivity contribution in [1.29, 1.82) is 0 Å². The summed E-state index contributed by atoms with van der Waals surface area (Å²) in [6.07, 6.45) is 5.40. The van der Waals surface area contributed by atoms with Gasteiger partial charge in [0.25, 0.3) is 0 Å². The van der Waals surface area contributed by atoms with E-state index >= 15 is 0 Å². The minimum Gasteiger partial charge on any atom is -0.381 e. The van der Waals surface area contributed by atoms with Crippen LogP contribution in [0.5, 0.6) is 0 Å². The third-order valence-electron chi connectivity index (χ3n) is 3.81. The van der Waals surface area contributed by atoms with Crippen LogP contribution in [0.2, 0.25) is 5.28 Å². The number of aromatic nitrogens is 2. The summed E-state index contributed by atoms with van der Waals surface area (Å²) in [5.41, 5.74) is 0. The van der Waals surface area contributed by atoms with Gasteiger partial charge in [0, 0.05) is 19.1 Å². The molecule has 1 heterocycles. The Balaban J connectivity index is 2.14. The van der Waals surface area contributed by atoms with Crippen LogP contribution in [0.1, 0.15) is 32.6 Å². The summed E-state index contributed by atoms with van der Waals surface area (Å²) in [7, 11) is 1.73. The fourth-order valence-corrected chi connectivity index (χ4v) is 3.00. The van der Waals surface area contributed by atoms with Gasteiger partial charge < -0.3 is 10.1 Å². The van der Waals surface area contributed by atoms with Crippen LogP contribution in [-0.2, 0) is 4.74 Å². The zero-order chi connectivity index (χ0) is 13.8. The Morgan fingerprint density at radius 2 is 2.32 bits per heavy atom. The van der Waals surface area contributed by atoms with Crippen molar-refractivity contribution in [2.45, 2.75) is 44.8 Å². The van der Waals surface area contributed by atoms with Crippen LogP contribution in [0.25, 0.3) is 0 Å². The van der Waals surface area contributed by atoms with E-state index in [2.05, 4.69) is 22.2 Å². The molecule has 19 heavy (non-hydrogen) atoms. The van der Waals surface area contributed by atoms with E-state index in [1.165, 1.54) is 0 Å². The third kappa shape index (κ3) is 3.34. The lowest BCUT2D eigenvalue weighted by Gasteiger charge is -2.37. The van der Waals surface area contributed by atoms with Crippen LogP contribution in [0.4, 0.5) is 10.2 Å². The van der Waals surface area contributed by atoms with Crippen LogP contribution in [0.3, 0.4) is 0 Å². The summed E-state index contributed by atoms with van der Waals surface area (Å²) in [5, 5.41) is 3.22. The van der Waals surface area contributed by atoms with Crippen LogP contribution >= 0.6 is 11.6 Å². The summed E-state index contributed by atoms with van der Waals surface area (Å²) in [4.78, 5) is 7.53. The van der Waals surface area contributed by atoms with Gasteiger partial charge >= 0.3 is 0 Å². The Bertz CT molecular complexity index is 432. The number of anilines is 1. The largest absolute Gasteiger partial charge is 0.381 e. The Hall–Kier alpha value is -0.940. The van der Waals surface area contributed by atoms with Crippen LogP contribution in [-0.4, -0.2) is 29.2 Å². The lowest BCUT2D eigenvalue weighted by atomic mass is 9.80. The molecule has 0 saturated heterocycles. The van der Waals surface area contributed by atoms with Gasteiger partial charge in [-0.15, -0.1) is 0 Å². The highest BCUT2D eigenvalue weighted by molar-refractivity contribution is 6.28. The smallest absolute Gasteiger partial charge is 0.224 e. The lowest BCUT2D eigenvalue weighted by molar-refractivity contribution is 0.0165. The Labute approximate surface area is 117 Å². The Morgan fingerprint density at radius 3 is 3.00 bits per heavy atom. The fourth-order valence-electron chi connectivity index (χ4n) is 2.87. The molecule has 1 aromatic heterocycles. The number of methoxy groups -OCH3 is 1. The van der Waals surface area contributed by atoms with Crippen LogP contribution < -0.4 is 5.32 Å². The number of hydrogen-bond donors (Lipinski definition) is 1. The van der Waals surface area contributed by atoms with Gasteiger partial charge in [-0.3, -0.25) is 0 Å². The number of nitrogens with zero attached hydrogens (tertiary/aromatic N) is 2. The molecule has 3 unspecified atom stereocenters. The maximum Gasteiger partial charge on any atom is 0.224 e. The van der Waals surface area contributed by atoms with Crippen molar-refractivity contribution in [2.24, 2.45) is 5.92 Å². The normalized spacial score (nSPS) is 27.3. The number of halogens is 2. The van der Waals surface area contributed by atoms with E-state index in [0.717, 1.165) is 31.9 Å². The van der Waals surface area contributed by atoms with Gasteiger partial charge in [-0.25, -0.2) is 9.37 Å². The topological polar surface area (TPSA) is 47.0 Å². The standard InChI is InChI=1S/C13H19ClFN3O/c1-3-8-10(5-4-6-11(8)19-2)17-12-9(15)7-16-13(14)18-12/h7-8,10-11H,3-6H2,1-2H3,(H,16,17,18). The maximum atomic E-state index is 13.7. The lowest BCUT2D eigenvalue weighted by Crippen LogP contribution is -2.41. The molecule has 4 nitrogen and oxygen atoms in total. The highest BCUT2D eigenvalue weighted by Crippen LogP contribution is 2.31. The highest BCUT2D eigenvalue weighted by atomic mass is 35.5. The second-order valence-corrected chi connectivity index (χ2v) is 5.20. The first-order valence-electron chi connectivity index (χ1n) is 6.63. The molecule has 0 spiro atoms. The fraction of sp³-hybridized carbons (Fsp3) is 0.692. The predicted octanol–water partition coefficient (Wildman–Crippen LogP) is 3.27. The van der Waals surface area contributed by atoms with E-state index in [9.17, 15) is 4.39 Å². The molecule has 1 aliphatic carbocycles. The number of ether oxygens (including phenoxy) is 1. The average Bonchev–Trinajstić information content (AvgIpc) is 2.42. The second kappa shape index (κ2) is 6.48. The molecular formula is C13H19ClFN3O. The molecule has 0 aromatic carbocycles. The Kier molecular flexibility index (Phi) is 4.93. The molecule has 1 aromatic rings. The minimum absolute atomic E-state index is 0.0519. The summed E-state index contributed by atoms with van der Waals surface area (Å²) in [6, 6.07) is 0.157. The molecule has 2 rings (SSSR count). The van der Waals surface area contributed by atoms with Crippen molar-refractivity contribution in [1.82, 2.24) is 9.97 Å². The molecule has 0 radical (unpaired) electrons. The monoisotopic (exact) mass is 287 g/mol. The van der Waals surface area contributed by atoms with Crippen molar-refractivity contribution in [3.8, 4) is 0 Å². The summed E-state index contributed by atoms with van der Waals surface area (Å²) in [6.45, 7) is 2.12. The first-order chi connectivity index (χ1) is 9.15. The van der Waals surface area contributed by atoms with Crippen molar-refractivity contribution >= 4 is 17.4 Å². The SMILES string of the molecule is CCC1C(Nc2nc(Cl)ncc2F)CCCC1OC. The van der Waals surface area contributed by atoms with Gasteiger partial charge in [-0.2, -0.15) is 4.98 Å². The van der Waals surface area contributed by atoms with Gasteiger partial charge in [-0.05, 0) is 37.3 Å². The van der Waals surface area contributed by atoms with Crippen molar-refractivity contribution in [3.63, 3.8) is 0 Å². The Morgan fingerprint density at radius 1 is 1.53 bits per heavy atom. The summed E-state index contributed by atoms with van der Waals surface area (Å²) < 4.78 is 19.2. The molecule has 6 heteroatoms. The second-order valence-electron chi connectivity index (χ2n) is 4.86. The molecule has 3 atom stereocenters. The van der Waals surface area contributed by atoms with Gasteiger partial charge in [0.15, 0.2) is 11.6 Å². The van der Waals surface area contributed by atoms with Crippen molar-refractivity contribution in [2.75, 3.05) is 12.4 Å². The van der Waals surface area contributed by atoms with Gasteiger partial charge in [-0.1, -0.05) is 6.92 Å². The molecule has 0 amide bonds. The van der Waals surface area contributed by atoms with Crippen molar-refractivity contribution < 1.29 is 9.13 Å². The van der Waals surface area contributed by atoms with Gasteiger partial charge in [0.05, 0.1) is 12.3 Å². The number of hydrogen-bond acceptors (Lipinski definition) is 4. The molecule has 1 fully saturated rings. The zero-order valence-corrected chi connectivity index (χ0v) is 12.0. The predicted molar refractivity (Wildman–Crippen MR) is 72.8 cm³/mol. The van der Waals surface area contributed by atoms with Gasteiger partial charge in [0.1, 0.15) is 0 Å². The summed E-state index contributed by atoms with van der Waals surface area (Å²) >= 11 is 5.71. The van der Waals surface area contributed by atoms with E-state index in [1.807, 2.05) is 0 Å². The van der Waals surface area contributed by atoms with Crippen LogP contribution in [0.15, 0.2) is 6.20 Å². The number of nitrogens with one attached hydrogen (secondary N) is 1. The van der Waals surface area contributed by atoms with E-state index in [0.29, 0.717) is 5.92 Å². The first kappa shape index (κ1) is 14.5. The molecule has 0 aliphatic heterocycles. The molecule has 106 valence electrons. The van der Waals surface area contributed by atoms with E-state index < -0.39 is 5.82 Å². The van der Waals surface area contributed by atoms with Crippen molar-refractivity contribution in [3.05, 3.63) is 17.3 Å². The zero-order valence-electron chi connectivity index (χ0n) is 11.2.